The maximum Gasteiger partial charge on any atom is 0.346 e. The Kier molecular flexibility index (Phi) is 12.8. The molecule has 0 aromatic heterocycles. The summed E-state index contributed by atoms with van der Waals surface area (Å²) in [5.41, 5.74) is 0.527. The molecule has 0 spiro atoms. The first-order valence-electron chi connectivity index (χ1n) is 14.6. The molecule has 1 unspecified atom stereocenters. The largest absolute Gasteiger partial charge is 0.490 e. The van der Waals surface area contributed by atoms with Gasteiger partial charge in [-0.15, -0.1) is 0 Å². The zero-order chi connectivity index (χ0) is 28.9. The summed E-state index contributed by atoms with van der Waals surface area (Å²) in [6.45, 7) is 4.34. The number of rotatable bonds is 15. The SMILES string of the molecule is CCCCCCCOc1ccc(C(=O)Oc2ccc(C3CCC(OC(=O)C(F)CCCC)CC3)cc2)c(F)c1F. The van der Waals surface area contributed by atoms with Crippen LogP contribution in [0, 0.1) is 11.6 Å². The van der Waals surface area contributed by atoms with Gasteiger partial charge in [0.25, 0.3) is 0 Å². The second-order valence-electron chi connectivity index (χ2n) is 10.5. The third kappa shape index (κ3) is 9.27. The summed E-state index contributed by atoms with van der Waals surface area (Å²) in [5, 5.41) is 0. The molecule has 1 fully saturated rings. The van der Waals surface area contributed by atoms with E-state index in [1.165, 1.54) is 12.1 Å². The first kappa shape index (κ1) is 31.5. The van der Waals surface area contributed by atoms with Crippen molar-refractivity contribution in [1.82, 2.24) is 0 Å². The number of unbranched alkanes of at least 4 members (excludes halogenated alkanes) is 5. The smallest absolute Gasteiger partial charge is 0.346 e. The summed E-state index contributed by atoms with van der Waals surface area (Å²) in [7, 11) is 0. The van der Waals surface area contributed by atoms with Gasteiger partial charge >= 0.3 is 11.9 Å². The van der Waals surface area contributed by atoms with Crippen LogP contribution in [0.25, 0.3) is 0 Å². The molecule has 220 valence electrons. The molecule has 2 aromatic carbocycles. The van der Waals surface area contributed by atoms with Crippen LogP contribution in [0.5, 0.6) is 11.5 Å². The fourth-order valence-corrected chi connectivity index (χ4v) is 4.91. The van der Waals surface area contributed by atoms with Gasteiger partial charge in [-0.05, 0) is 74.3 Å². The quantitative estimate of drug-likeness (QED) is 0.124. The lowest BCUT2D eigenvalue weighted by Crippen LogP contribution is -2.28. The summed E-state index contributed by atoms with van der Waals surface area (Å²) in [6.07, 6.45) is 7.72. The van der Waals surface area contributed by atoms with E-state index in [2.05, 4.69) is 6.92 Å². The van der Waals surface area contributed by atoms with Crippen LogP contribution in [0.3, 0.4) is 0 Å². The Morgan fingerprint density at radius 2 is 1.52 bits per heavy atom. The Hall–Kier alpha value is -3.03. The molecule has 1 aliphatic rings. The number of alkyl halides is 1. The van der Waals surface area contributed by atoms with Gasteiger partial charge in [-0.3, -0.25) is 0 Å². The van der Waals surface area contributed by atoms with Crippen molar-refractivity contribution in [1.29, 1.82) is 0 Å². The van der Waals surface area contributed by atoms with Crippen LogP contribution in [-0.2, 0) is 9.53 Å². The van der Waals surface area contributed by atoms with Gasteiger partial charge < -0.3 is 14.2 Å². The van der Waals surface area contributed by atoms with Crippen LogP contribution in [-0.4, -0.2) is 30.8 Å². The average molecular weight is 563 g/mol. The Bertz CT molecular complexity index is 1080. The molecule has 0 radical (unpaired) electrons. The molecule has 40 heavy (non-hydrogen) atoms. The predicted molar refractivity (Wildman–Crippen MR) is 148 cm³/mol. The monoisotopic (exact) mass is 562 g/mol. The van der Waals surface area contributed by atoms with Gasteiger partial charge in [0.2, 0.25) is 5.82 Å². The average Bonchev–Trinajstić information content (AvgIpc) is 2.96. The fourth-order valence-electron chi connectivity index (χ4n) is 4.91. The highest BCUT2D eigenvalue weighted by Gasteiger charge is 2.28. The predicted octanol–water partition coefficient (Wildman–Crippen LogP) is 8.63. The summed E-state index contributed by atoms with van der Waals surface area (Å²) >= 11 is 0. The third-order valence-corrected chi connectivity index (χ3v) is 7.36. The molecule has 0 aliphatic heterocycles. The summed E-state index contributed by atoms with van der Waals surface area (Å²) in [6, 6.07) is 9.31. The van der Waals surface area contributed by atoms with Gasteiger partial charge in [-0.25, -0.2) is 18.4 Å². The minimum absolute atomic E-state index is 0.197. The van der Waals surface area contributed by atoms with E-state index in [9.17, 15) is 22.8 Å². The fraction of sp³-hybridized carbons (Fsp3) is 0.562. The molecule has 5 nitrogen and oxygen atoms in total. The molecular weight excluding hydrogens is 521 g/mol. The Morgan fingerprint density at radius 1 is 0.850 bits per heavy atom. The minimum Gasteiger partial charge on any atom is -0.490 e. The van der Waals surface area contributed by atoms with E-state index >= 15 is 0 Å². The molecule has 0 saturated heterocycles. The summed E-state index contributed by atoms with van der Waals surface area (Å²) < 4.78 is 59.0. The van der Waals surface area contributed by atoms with E-state index in [4.69, 9.17) is 14.2 Å². The van der Waals surface area contributed by atoms with E-state index in [1.54, 1.807) is 12.1 Å². The number of benzene rings is 2. The standard InChI is InChI=1S/C32H41F3O5/c1-3-5-7-8-9-21-38-28-20-19-26(29(34)30(28)35)31(36)39-24-15-11-22(12-16-24)23-13-17-25(18-14-23)40-32(37)27(33)10-6-4-2/h11-12,15-16,19-20,23,25,27H,3-10,13-14,17-18,21H2,1-2H3. The molecule has 0 N–H and O–H groups in total. The van der Waals surface area contributed by atoms with Crippen molar-refractivity contribution >= 4 is 11.9 Å². The summed E-state index contributed by atoms with van der Waals surface area (Å²) in [4.78, 5) is 24.5. The topological polar surface area (TPSA) is 61.8 Å². The maximum atomic E-state index is 14.6. The number of carbonyl (C=O) groups is 2. The van der Waals surface area contributed by atoms with Crippen LogP contribution in [0.15, 0.2) is 36.4 Å². The van der Waals surface area contributed by atoms with Crippen molar-refractivity contribution in [3.05, 3.63) is 59.2 Å². The molecule has 0 bridgehead atoms. The number of carbonyl (C=O) groups excluding carboxylic acids is 2. The maximum absolute atomic E-state index is 14.6. The van der Waals surface area contributed by atoms with E-state index < -0.39 is 35.3 Å². The zero-order valence-electron chi connectivity index (χ0n) is 23.6. The Labute approximate surface area is 235 Å². The molecular formula is C32H41F3O5. The Morgan fingerprint density at radius 3 is 2.20 bits per heavy atom. The lowest BCUT2D eigenvalue weighted by Gasteiger charge is -2.29. The molecule has 1 atom stereocenters. The highest BCUT2D eigenvalue weighted by Crippen LogP contribution is 2.35. The van der Waals surface area contributed by atoms with Crippen LogP contribution < -0.4 is 9.47 Å². The molecule has 8 heteroatoms. The first-order chi connectivity index (χ1) is 19.3. The minimum atomic E-state index is -1.56. The normalized spacial score (nSPS) is 17.7. The number of halogens is 3. The first-order valence-corrected chi connectivity index (χ1v) is 14.6. The number of hydrogen-bond acceptors (Lipinski definition) is 5. The molecule has 0 heterocycles. The van der Waals surface area contributed by atoms with Gasteiger partial charge in [0.05, 0.1) is 12.2 Å². The Balaban J connectivity index is 1.48. The van der Waals surface area contributed by atoms with Crippen molar-refractivity contribution in [2.45, 2.75) is 109 Å². The van der Waals surface area contributed by atoms with Gasteiger partial charge in [-0.1, -0.05) is 64.5 Å². The lowest BCUT2D eigenvalue weighted by molar-refractivity contribution is -0.157. The van der Waals surface area contributed by atoms with Crippen LogP contribution in [0.1, 0.15) is 113 Å². The second-order valence-corrected chi connectivity index (χ2v) is 10.5. The van der Waals surface area contributed by atoms with E-state index in [0.717, 1.165) is 56.9 Å². The van der Waals surface area contributed by atoms with Crippen molar-refractivity contribution in [3.8, 4) is 11.5 Å². The van der Waals surface area contributed by atoms with Crippen molar-refractivity contribution in [3.63, 3.8) is 0 Å². The van der Waals surface area contributed by atoms with Crippen molar-refractivity contribution in [2.24, 2.45) is 0 Å². The van der Waals surface area contributed by atoms with Gasteiger partial charge in [-0.2, -0.15) is 4.39 Å². The molecule has 2 aromatic rings. The van der Waals surface area contributed by atoms with Gasteiger partial charge in [0, 0.05) is 0 Å². The van der Waals surface area contributed by atoms with Crippen molar-refractivity contribution < 1.29 is 37.0 Å². The van der Waals surface area contributed by atoms with Crippen molar-refractivity contribution in [2.75, 3.05) is 6.61 Å². The zero-order valence-corrected chi connectivity index (χ0v) is 23.6. The highest BCUT2D eigenvalue weighted by atomic mass is 19.2. The molecule has 1 saturated carbocycles. The van der Waals surface area contributed by atoms with Gasteiger partial charge in [0.1, 0.15) is 11.9 Å². The summed E-state index contributed by atoms with van der Waals surface area (Å²) in [5.74, 6) is -4.05. The van der Waals surface area contributed by atoms with Crippen LogP contribution in [0.2, 0.25) is 0 Å². The van der Waals surface area contributed by atoms with E-state index in [-0.39, 0.29) is 36.5 Å². The van der Waals surface area contributed by atoms with Gasteiger partial charge in [0.15, 0.2) is 17.7 Å². The molecule has 1 aliphatic carbocycles. The highest BCUT2D eigenvalue weighted by molar-refractivity contribution is 5.91. The number of esters is 2. The number of ether oxygens (including phenoxy) is 3. The lowest BCUT2D eigenvalue weighted by atomic mass is 9.83. The third-order valence-electron chi connectivity index (χ3n) is 7.36. The van der Waals surface area contributed by atoms with E-state index in [0.29, 0.717) is 19.3 Å². The molecule has 0 amide bonds. The molecule has 3 rings (SSSR count). The second kappa shape index (κ2) is 16.3. The van der Waals surface area contributed by atoms with E-state index in [1.807, 2.05) is 19.1 Å². The van der Waals surface area contributed by atoms with Crippen LogP contribution in [0.4, 0.5) is 13.2 Å². The van der Waals surface area contributed by atoms with Crippen LogP contribution >= 0.6 is 0 Å². The number of hydrogen-bond donors (Lipinski definition) is 0.